The van der Waals surface area contributed by atoms with Crippen molar-refractivity contribution in [2.75, 3.05) is 25.0 Å². The molecule has 2 aromatic rings. The number of amides is 3. The maximum absolute atomic E-state index is 12.5. The summed E-state index contributed by atoms with van der Waals surface area (Å²) >= 11 is 0. The van der Waals surface area contributed by atoms with Crippen molar-refractivity contribution in [3.63, 3.8) is 0 Å². The van der Waals surface area contributed by atoms with Gasteiger partial charge in [-0.3, -0.25) is 14.5 Å². The standard InChI is InChI=1S/C17H20N6O2/c24-16-12-21(11-15-5-3-7-23(15)16)17(25)20-14-8-19-22(10-14)9-13-4-1-2-6-18-13/h1-2,4,6,8,10,15H,3,5,7,9,11-12H2,(H,20,25). The Labute approximate surface area is 145 Å². The Balaban J connectivity index is 1.37. The molecule has 0 aromatic carbocycles. The Bertz CT molecular complexity index is 774. The number of hydrogen-bond donors (Lipinski definition) is 1. The Morgan fingerprint density at radius 2 is 2.28 bits per heavy atom. The van der Waals surface area contributed by atoms with Crippen LogP contribution in [-0.4, -0.2) is 62.2 Å². The molecule has 2 aromatic heterocycles. The molecule has 0 spiro atoms. The molecule has 1 N–H and O–H groups in total. The minimum Gasteiger partial charge on any atom is -0.336 e. The second-order valence-electron chi connectivity index (χ2n) is 6.44. The number of nitrogens with one attached hydrogen (secondary N) is 1. The number of hydrogen-bond acceptors (Lipinski definition) is 4. The average Bonchev–Trinajstić information content (AvgIpc) is 3.25. The van der Waals surface area contributed by atoms with Crippen molar-refractivity contribution in [2.45, 2.75) is 25.4 Å². The van der Waals surface area contributed by atoms with Crippen LogP contribution in [0.5, 0.6) is 0 Å². The number of pyridine rings is 1. The van der Waals surface area contributed by atoms with Crippen molar-refractivity contribution >= 4 is 17.6 Å². The Hall–Kier alpha value is -2.90. The molecule has 1 atom stereocenters. The number of anilines is 1. The lowest BCUT2D eigenvalue weighted by atomic mass is 10.1. The summed E-state index contributed by atoms with van der Waals surface area (Å²) in [5.41, 5.74) is 1.51. The monoisotopic (exact) mass is 340 g/mol. The molecule has 0 bridgehead atoms. The highest BCUT2D eigenvalue weighted by Crippen LogP contribution is 2.22. The van der Waals surface area contributed by atoms with Gasteiger partial charge in [-0.05, 0) is 25.0 Å². The van der Waals surface area contributed by atoms with Crippen molar-refractivity contribution in [3.8, 4) is 0 Å². The first-order valence-electron chi connectivity index (χ1n) is 8.47. The van der Waals surface area contributed by atoms with Gasteiger partial charge in [0.25, 0.3) is 0 Å². The van der Waals surface area contributed by atoms with Crippen LogP contribution >= 0.6 is 0 Å². The van der Waals surface area contributed by atoms with E-state index >= 15 is 0 Å². The van der Waals surface area contributed by atoms with Gasteiger partial charge < -0.3 is 15.1 Å². The molecule has 3 amide bonds. The van der Waals surface area contributed by atoms with Crippen LogP contribution in [0, 0.1) is 0 Å². The highest BCUT2D eigenvalue weighted by atomic mass is 16.2. The summed E-state index contributed by atoms with van der Waals surface area (Å²) in [6, 6.07) is 5.63. The van der Waals surface area contributed by atoms with Crippen LogP contribution in [-0.2, 0) is 11.3 Å². The maximum Gasteiger partial charge on any atom is 0.322 e. The summed E-state index contributed by atoms with van der Waals surface area (Å²) in [6.45, 7) is 2.10. The molecule has 0 radical (unpaired) electrons. The fraction of sp³-hybridized carbons (Fsp3) is 0.412. The van der Waals surface area contributed by atoms with Gasteiger partial charge in [0.1, 0.15) is 6.54 Å². The number of aromatic nitrogens is 3. The summed E-state index contributed by atoms with van der Waals surface area (Å²) in [5.74, 6) is 0.0368. The van der Waals surface area contributed by atoms with Gasteiger partial charge in [0.05, 0.1) is 24.1 Å². The normalized spacial score (nSPS) is 19.8. The van der Waals surface area contributed by atoms with Crippen LogP contribution in [0.3, 0.4) is 0 Å². The molecule has 1 unspecified atom stereocenters. The van der Waals surface area contributed by atoms with Crippen LogP contribution in [0.1, 0.15) is 18.5 Å². The first-order chi connectivity index (χ1) is 12.2. The molecule has 0 saturated carbocycles. The summed E-state index contributed by atoms with van der Waals surface area (Å²) in [4.78, 5) is 32.3. The van der Waals surface area contributed by atoms with E-state index in [1.165, 1.54) is 0 Å². The molecule has 2 saturated heterocycles. The van der Waals surface area contributed by atoms with E-state index in [4.69, 9.17) is 0 Å². The molecule has 2 fully saturated rings. The lowest BCUT2D eigenvalue weighted by molar-refractivity contribution is -0.136. The molecule has 2 aliphatic heterocycles. The van der Waals surface area contributed by atoms with Gasteiger partial charge in [0, 0.05) is 31.5 Å². The second kappa shape index (κ2) is 6.54. The quantitative estimate of drug-likeness (QED) is 0.909. The fourth-order valence-electron chi connectivity index (χ4n) is 3.46. The molecule has 25 heavy (non-hydrogen) atoms. The number of carbonyl (C=O) groups excluding carboxylic acids is 2. The van der Waals surface area contributed by atoms with Gasteiger partial charge in [-0.2, -0.15) is 5.10 Å². The van der Waals surface area contributed by atoms with Crippen molar-refractivity contribution in [2.24, 2.45) is 0 Å². The lowest BCUT2D eigenvalue weighted by Crippen LogP contribution is -2.56. The molecular formula is C17H20N6O2. The third kappa shape index (κ3) is 3.33. The molecule has 4 rings (SSSR count). The SMILES string of the molecule is O=C(Nc1cnn(Cc2ccccn2)c1)N1CC(=O)N2CCCC2C1. The fourth-order valence-corrected chi connectivity index (χ4v) is 3.46. The van der Waals surface area contributed by atoms with Crippen molar-refractivity contribution in [1.82, 2.24) is 24.6 Å². The minimum atomic E-state index is -0.253. The van der Waals surface area contributed by atoms with E-state index in [2.05, 4.69) is 15.4 Å². The van der Waals surface area contributed by atoms with E-state index in [1.54, 1.807) is 28.2 Å². The predicted molar refractivity (Wildman–Crippen MR) is 90.9 cm³/mol. The van der Waals surface area contributed by atoms with Gasteiger partial charge in [-0.1, -0.05) is 6.07 Å². The van der Waals surface area contributed by atoms with E-state index < -0.39 is 0 Å². The molecule has 2 aliphatic rings. The Morgan fingerprint density at radius 3 is 3.12 bits per heavy atom. The summed E-state index contributed by atoms with van der Waals surface area (Å²) < 4.78 is 1.72. The largest absolute Gasteiger partial charge is 0.336 e. The molecule has 8 heteroatoms. The topological polar surface area (TPSA) is 83.4 Å². The van der Waals surface area contributed by atoms with E-state index in [0.717, 1.165) is 25.1 Å². The smallest absolute Gasteiger partial charge is 0.322 e. The maximum atomic E-state index is 12.5. The van der Waals surface area contributed by atoms with Crippen molar-refractivity contribution in [1.29, 1.82) is 0 Å². The van der Waals surface area contributed by atoms with E-state index in [0.29, 0.717) is 18.8 Å². The minimum absolute atomic E-state index is 0.0368. The average molecular weight is 340 g/mol. The lowest BCUT2D eigenvalue weighted by Gasteiger charge is -2.36. The molecule has 130 valence electrons. The number of carbonyl (C=O) groups is 2. The van der Waals surface area contributed by atoms with E-state index in [9.17, 15) is 9.59 Å². The van der Waals surface area contributed by atoms with Crippen LogP contribution in [0.25, 0.3) is 0 Å². The van der Waals surface area contributed by atoms with Gasteiger partial charge >= 0.3 is 6.03 Å². The van der Waals surface area contributed by atoms with Crippen molar-refractivity contribution in [3.05, 3.63) is 42.5 Å². The van der Waals surface area contributed by atoms with Crippen LogP contribution in [0.15, 0.2) is 36.8 Å². The van der Waals surface area contributed by atoms with Crippen molar-refractivity contribution < 1.29 is 9.59 Å². The van der Waals surface area contributed by atoms with Gasteiger partial charge in [-0.15, -0.1) is 0 Å². The second-order valence-corrected chi connectivity index (χ2v) is 6.44. The number of fused-ring (bicyclic) bond motifs is 1. The Kier molecular flexibility index (Phi) is 4.09. The van der Waals surface area contributed by atoms with Gasteiger partial charge in [-0.25, -0.2) is 4.79 Å². The zero-order valence-electron chi connectivity index (χ0n) is 13.8. The van der Waals surface area contributed by atoms with Gasteiger partial charge in [0.15, 0.2) is 0 Å². The van der Waals surface area contributed by atoms with Gasteiger partial charge in [0.2, 0.25) is 5.91 Å². The first kappa shape index (κ1) is 15.6. The number of nitrogens with zero attached hydrogens (tertiary/aromatic N) is 5. The Morgan fingerprint density at radius 1 is 1.36 bits per heavy atom. The third-order valence-corrected chi connectivity index (χ3v) is 4.68. The van der Waals surface area contributed by atoms with Crippen LogP contribution in [0.4, 0.5) is 10.5 Å². The highest BCUT2D eigenvalue weighted by molar-refractivity contribution is 5.93. The molecular weight excluding hydrogens is 320 g/mol. The third-order valence-electron chi connectivity index (χ3n) is 4.68. The molecule has 8 nitrogen and oxygen atoms in total. The number of urea groups is 1. The zero-order valence-corrected chi connectivity index (χ0v) is 13.8. The molecule has 4 heterocycles. The summed E-state index contributed by atoms with van der Waals surface area (Å²) in [6.07, 6.45) is 7.10. The summed E-state index contributed by atoms with van der Waals surface area (Å²) in [7, 11) is 0. The van der Waals surface area contributed by atoms with E-state index in [1.807, 2.05) is 23.1 Å². The number of piperazine rings is 1. The first-order valence-corrected chi connectivity index (χ1v) is 8.47. The highest BCUT2D eigenvalue weighted by Gasteiger charge is 2.37. The van der Waals surface area contributed by atoms with E-state index in [-0.39, 0.29) is 24.5 Å². The zero-order chi connectivity index (χ0) is 17.2. The van der Waals surface area contributed by atoms with Crippen LogP contribution < -0.4 is 5.32 Å². The molecule has 0 aliphatic carbocycles. The summed E-state index contributed by atoms with van der Waals surface area (Å²) in [5, 5.41) is 7.08. The number of rotatable bonds is 3. The van der Waals surface area contributed by atoms with Crippen LogP contribution in [0.2, 0.25) is 0 Å². The predicted octanol–water partition coefficient (Wildman–Crippen LogP) is 1.16.